The number of nitrogens with zero attached hydrogens (tertiary/aromatic N) is 5. The zero-order valence-corrected chi connectivity index (χ0v) is 17.9. The number of ether oxygens (including phenoxy) is 1. The first kappa shape index (κ1) is 21.0. The van der Waals surface area contributed by atoms with Gasteiger partial charge in [0.1, 0.15) is 17.9 Å². The molecule has 1 aromatic carbocycles. The van der Waals surface area contributed by atoms with Crippen molar-refractivity contribution in [2.45, 2.75) is 38.1 Å². The second-order valence-electron chi connectivity index (χ2n) is 6.39. The van der Waals surface area contributed by atoms with Crippen molar-refractivity contribution in [3.05, 3.63) is 53.8 Å². The quantitative estimate of drug-likeness (QED) is 0.387. The van der Waals surface area contributed by atoms with Gasteiger partial charge in [0.2, 0.25) is 11.0 Å². The second kappa shape index (κ2) is 10.2. The second-order valence-corrected chi connectivity index (χ2v) is 8.17. The van der Waals surface area contributed by atoms with E-state index in [0.717, 1.165) is 5.75 Å². The molecule has 2 heterocycles. The van der Waals surface area contributed by atoms with Crippen LogP contribution in [-0.2, 0) is 17.9 Å². The molecule has 0 aliphatic rings. The number of thioether (sulfide) groups is 1. The minimum absolute atomic E-state index is 0.178. The van der Waals surface area contributed by atoms with Gasteiger partial charge >= 0.3 is 0 Å². The zero-order chi connectivity index (χ0) is 20.6. The van der Waals surface area contributed by atoms with Crippen LogP contribution in [0.25, 0.3) is 0 Å². The van der Waals surface area contributed by atoms with Gasteiger partial charge in [0.15, 0.2) is 11.0 Å². The molecule has 0 saturated heterocycles. The summed E-state index contributed by atoms with van der Waals surface area (Å²) in [5.74, 6) is 1.93. The van der Waals surface area contributed by atoms with Gasteiger partial charge in [0, 0.05) is 6.54 Å². The number of amides is 1. The Hall–Kier alpha value is -2.72. The third-order valence-corrected chi connectivity index (χ3v) is 5.53. The van der Waals surface area contributed by atoms with E-state index in [4.69, 9.17) is 4.74 Å². The van der Waals surface area contributed by atoms with Gasteiger partial charge in [-0.05, 0) is 23.6 Å². The van der Waals surface area contributed by atoms with Crippen LogP contribution in [0.3, 0.4) is 0 Å². The van der Waals surface area contributed by atoms with E-state index in [1.54, 1.807) is 11.6 Å². The first-order valence-electron chi connectivity index (χ1n) is 9.01. The van der Waals surface area contributed by atoms with Crippen molar-refractivity contribution < 1.29 is 9.53 Å². The molecule has 0 saturated carbocycles. The fraction of sp³-hybridized carbons (Fsp3) is 0.316. The number of hydrogen-bond donors (Lipinski definition) is 1. The Kier molecular flexibility index (Phi) is 7.36. The van der Waals surface area contributed by atoms with Crippen LogP contribution in [0.2, 0.25) is 0 Å². The lowest BCUT2D eigenvalue weighted by Gasteiger charge is -2.10. The molecule has 0 unspecified atom stereocenters. The van der Waals surface area contributed by atoms with E-state index in [2.05, 4.69) is 58.3 Å². The number of nitrogens with one attached hydrogen (secondary N) is 1. The van der Waals surface area contributed by atoms with Crippen LogP contribution in [0.5, 0.6) is 5.75 Å². The van der Waals surface area contributed by atoms with Crippen molar-refractivity contribution in [3.8, 4) is 5.75 Å². The highest BCUT2D eigenvalue weighted by Crippen LogP contribution is 2.21. The first-order valence-corrected chi connectivity index (χ1v) is 10.9. The Morgan fingerprint density at radius 2 is 2.10 bits per heavy atom. The van der Waals surface area contributed by atoms with Gasteiger partial charge < -0.3 is 4.74 Å². The standard InChI is InChI=1S/C19H22N6O2S2/c1-4-9-25-16(10-27-15-7-5-14(6-8-15)13(2)3)22-24-19(25)28-11-17(26)21-18-23-20-12-29-18/h4-8,12-13H,1,9-11H2,2-3H3,(H,21,23,26). The van der Waals surface area contributed by atoms with Gasteiger partial charge in [-0.3, -0.25) is 14.7 Å². The maximum absolute atomic E-state index is 12.1. The summed E-state index contributed by atoms with van der Waals surface area (Å²) in [6, 6.07) is 8.03. The predicted octanol–water partition coefficient (Wildman–Crippen LogP) is 3.75. The lowest BCUT2D eigenvalue weighted by molar-refractivity contribution is -0.113. The van der Waals surface area contributed by atoms with Crippen LogP contribution < -0.4 is 10.1 Å². The summed E-state index contributed by atoms with van der Waals surface area (Å²) in [5, 5.41) is 19.7. The van der Waals surface area contributed by atoms with E-state index < -0.39 is 0 Å². The average molecular weight is 431 g/mol. The van der Waals surface area contributed by atoms with E-state index >= 15 is 0 Å². The van der Waals surface area contributed by atoms with Crippen molar-refractivity contribution in [2.75, 3.05) is 11.1 Å². The number of carbonyl (C=O) groups is 1. The lowest BCUT2D eigenvalue weighted by atomic mass is 10.0. The number of carbonyl (C=O) groups excluding carboxylic acids is 1. The Labute approximate surface area is 177 Å². The molecular weight excluding hydrogens is 408 g/mol. The molecule has 152 valence electrons. The van der Waals surface area contributed by atoms with Crippen LogP contribution in [0.4, 0.5) is 5.13 Å². The van der Waals surface area contributed by atoms with Crippen LogP contribution in [0.15, 0.2) is 47.6 Å². The number of aromatic nitrogens is 5. The Bertz CT molecular complexity index is 938. The molecule has 10 heteroatoms. The Morgan fingerprint density at radius 3 is 2.76 bits per heavy atom. The number of rotatable bonds is 10. The minimum atomic E-state index is -0.178. The van der Waals surface area contributed by atoms with Crippen molar-refractivity contribution in [1.82, 2.24) is 25.0 Å². The highest BCUT2D eigenvalue weighted by atomic mass is 32.2. The van der Waals surface area contributed by atoms with Crippen LogP contribution >= 0.6 is 23.1 Å². The highest BCUT2D eigenvalue weighted by molar-refractivity contribution is 7.99. The van der Waals surface area contributed by atoms with Gasteiger partial charge in [0.05, 0.1) is 5.75 Å². The number of benzene rings is 1. The van der Waals surface area contributed by atoms with Crippen molar-refractivity contribution in [2.24, 2.45) is 0 Å². The van der Waals surface area contributed by atoms with Crippen molar-refractivity contribution in [1.29, 1.82) is 0 Å². The Balaban J connectivity index is 1.60. The van der Waals surface area contributed by atoms with Gasteiger partial charge in [-0.25, -0.2) is 0 Å². The summed E-state index contributed by atoms with van der Waals surface area (Å²) in [7, 11) is 0. The predicted molar refractivity (Wildman–Crippen MR) is 114 cm³/mol. The maximum Gasteiger partial charge on any atom is 0.236 e. The molecular formula is C19H22N6O2S2. The molecule has 0 fully saturated rings. The van der Waals surface area contributed by atoms with Gasteiger partial charge in [-0.2, -0.15) is 0 Å². The van der Waals surface area contributed by atoms with Crippen LogP contribution in [0.1, 0.15) is 31.2 Å². The van der Waals surface area contributed by atoms with E-state index in [1.165, 1.54) is 28.7 Å². The highest BCUT2D eigenvalue weighted by Gasteiger charge is 2.15. The molecule has 3 aromatic rings. The molecule has 0 aliphatic carbocycles. The molecule has 1 N–H and O–H groups in total. The zero-order valence-electron chi connectivity index (χ0n) is 16.2. The molecule has 0 spiro atoms. The smallest absolute Gasteiger partial charge is 0.236 e. The lowest BCUT2D eigenvalue weighted by Crippen LogP contribution is -2.15. The topological polar surface area (TPSA) is 94.8 Å². The van der Waals surface area contributed by atoms with Crippen molar-refractivity contribution in [3.63, 3.8) is 0 Å². The molecule has 0 radical (unpaired) electrons. The number of hydrogen-bond acceptors (Lipinski definition) is 8. The minimum Gasteiger partial charge on any atom is -0.486 e. The van der Waals surface area contributed by atoms with E-state index in [9.17, 15) is 4.79 Å². The van der Waals surface area contributed by atoms with Crippen molar-refractivity contribution >= 4 is 34.1 Å². The number of allylic oxidation sites excluding steroid dienone is 1. The summed E-state index contributed by atoms with van der Waals surface area (Å²) >= 11 is 2.56. The molecule has 29 heavy (non-hydrogen) atoms. The monoisotopic (exact) mass is 430 g/mol. The largest absolute Gasteiger partial charge is 0.486 e. The van der Waals surface area contributed by atoms with Crippen LogP contribution in [-0.4, -0.2) is 36.6 Å². The first-order chi connectivity index (χ1) is 14.1. The summed E-state index contributed by atoms with van der Waals surface area (Å²) in [6.45, 7) is 8.90. The fourth-order valence-corrected chi connectivity index (χ4v) is 3.68. The third-order valence-electron chi connectivity index (χ3n) is 3.96. The summed E-state index contributed by atoms with van der Waals surface area (Å²) < 4.78 is 7.75. The molecule has 0 bridgehead atoms. The maximum atomic E-state index is 12.1. The van der Waals surface area contributed by atoms with Crippen LogP contribution in [0, 0.1) is 0 Å². The molecule has 2 aromatic heterocycles. The number of anilines is 1. The molecule has 3 rings (SSSR count). The summed E-state index contributed by atoms with van der Waals surface area (Å²) in [5.41, 5.74) is 2.82. The average Bonchev–Trinajstić information content (AvgIpc) is 3.35. The molecule has 0 aliphatic heterocycles. The third kappa shape index (κ3) is 5.88. The van der Waals surface area contributed by atoms with Gasteiger partial charge in [0.25, 0.3) is 0 Å². The normalized spacial score (nSPS) is 10.9. The van der Waals surface area contributed by atoms with E-state index in [1.807, 2.05) is 16.7 Å². The SMILES string of the molecule is C=CCn1c(COc2ccc(C(C)C)cc2)nnc1SCC(=O)Nc1nncs1. The van der Waals surface area contributed by atoms with E-state index in [0.29, 0.717) is 28.6 Å². The van der Waals surface area contributed by atoms with Gasteiger partial charge in [-0.1, -0.05) is 55.2 Å². The molecule has 8 nitrogen and oxygen atoms in total. The van der Waals surface area contributed by atoms with Gasteiger partial charge in [-0.15, -0.1) is 27.0 Å². The van der Waals surface area contributed by atoms with E-state index in [-0.39, 0.29) is 18.3 Å². The fourth-order valence-electron chi connectivity index (χ4n) is 2.45. The molecule has 1 amide bonds. The Morgan fingerprint density at radius 1 is 1.31 bits per heavy atom. The summed E-state index contributed by atoms with van der Waals surface area (Å²) in [6.07, 6.45) is 1.76. The molecule has 0 atom stereocenters. The summed E-state index contributed by atoms with van der Waals surface area (Å²) in [4.78, 5) is 12.1.